The van der Waals surface area contributed by atoms with Crippen LogP contribution < -0.4 is 0 Å². The summed E-state index contributed by atoms with van der Waals surface area (Å²) in [6.45, 7) is 2.85. The first-order valence-corrected chi connectivity index (χ1v) is 8.87. The highest BCUT2D eigenvalue weighted by Gasteiger charge is 2.25. The molecule has 0 bridgehead atoms. The summed E-state index contributed by atoms with van der Waals surface area (Å²) in [7, 11) is 1.86. The smallest absolute Gasteiger partial charge is 0.253 e. The van der Waals surface area contributed by atoms with Gasteiger partial charge in [-0.3, -0.25) is 4.79 Å². The van der Waals surface area contributed by atoms with Crippen molar-refractivity contribution in [1.29, 1.82) is 0 Å². The Morgan fingerprint density at radius 2 is 1.77 bits per heavy atom. The predicted octanol–water partition coefficient (Wildman–Crippen LogP) is 4.19. The number of rotatable bonds is 5. The summed E-state index contributed by atoms with van der Waals surface area (Å²) in [5.41, 5.74) is 3.50. The van der Waals surface area contributed by atoms with Crippen molar-refractivity contribution in [2.75, 3.05) is 13.6 Å². The summed E-state index contributed by atoms with van der Waals surface area (Å²) in [5, 5.41) is 8.31. The molecule has 1 aliphatic rings. The van der Waals surface area contributed by atoms with Gasteiger partial charge in [0.15, 0.2) is 0 Å². The van der Waals surface area contributed by atoms with Crippen molar-refractivity contribution in [2.24, 2.45) is 5.92 Å². The fourth-order valence-electron chi connectivity index (χ4n) is 3.01. The van der Waals surface area contributed by atoms with E-state index in [0.29, 0.717) is 23.3 Å². The Morgan fingerprint density at radius 1 is 1.08 bits per heavy atom. The summed E-state index contributed by atoms with van der Waals surface area (Å²) in [6.07, 6.45) is 2.47. The maximum atomic E-state index is 12.5. The van der Waals surface area contributed by atoms with Crippen LogP contribution in [0.15, 0.2) is 52.9 Å². The predicted molar refractivity (Wildman–Crippen MR) is 99.6 cm³/mol. The summed E-state index contributed by atoms with van der Waals surface area (Å²) in [6, 6.07) is 15.2. The molecule has 1 amide bonds. The molecule has 0 aliphatic heterocycles. The molecule has 132 valence electrons. The van der Waals surface area contributed by atoms with Gasteiger partial charge in [-0.2, -0.15) is 0 Å². The maximum Gasteiger partial charge on any atom is 0.253 e. The minimum atomic E-state index is 0.0505. The lowest BCUT2D eigenvalue weighted by atomic mass is 10.1. The molecule has 5 heteroatoms. The highest BCUT2D eigenvalue weighted by atomic mass is 16.4. The minimum Gasteiger partial charge on any atom is -0.416 e. The zero-order valence-electron chi connectivity index (χ0n) is 15.0. The number of nitrogens with zero attached hydrogens (tertiary/aromatic N) is 3. The van der Waals surface area contributed by atoms with Crippen LogP contribution in [0.2, 0.25) is 0 Å². The van der Waals surface area contributed by atoms with Crippen LogP contribution in [0.4, 0.5) is 0 Å². The standard InChI is InChI=1S/C21H21N3O2/c1-14-5-3-4-6-18(14)20-23-22-19(26-20)16-9-11-17(12-10-16)21(25)24(2)13-15-7-8-15/h3-6,9-12,15H,7-8,13H2,1-2H3. The van der Waals surface area contributed by atoms with Crippen LogP contribution in [0, 0.1) is 12.8 Å². The van der Waals surface area contributed by atoms with Gasteiger partial charge >= 0.3 is 0 Å². The van der Waals surface area contributed by atoms with Gasteiger partial charge in [0, 0.05) is 30.3 Å². The summed E-state index contributed by atoms with van der Waals surface area (Å²) >= 11 is 0. The summed E-state index contributed by atoms with van der Waals surface area (Å²) in [4.78, 5) is 14.3. The van der Waals surface area contributed by atoms with Crippen molar-refractivity contribution < 1.29 is 9.21 Å². The van der Waals surface area contributed by atoms with Crippen molar-refractivity contribution in [3.63, 3.8) is 0 Å². The molecule has 0 unspecified atom stereocenters. The Labute approximate surface area is 152 Å². The first-order chi connectivity index (χ1) is 12.6. The van der Waals surface area contributed by atoms with Gasteiger partial charge in [0.1, 0.15) is 0 Å². The number of aryl methyl sites for hydroxylation is 1. The number of carbonyl (C=O) groups excluding carboxylic acids is 1. The SMILES string of the molecule is Cc1ccccc1-c1nnc(-c2ccc(C(=O)N(C)CC3CC3)cc2)o1. The van der Waals surface area contributed by atoms with E-state index in [9.17, 15) is 4.79 Å². The van der Waals surface area contributed by atoms with E-state index in [4.69, 9.17) is 4.42 Å². The molecule has 1 aromatic heterocycles. The molecule has 3 aromatic rings. The van der Waals surface area contributed by atoms with E-state index >= 15 is 0 Å². The van der Waals surface area contributed by atoms with Gasteiger partial charge in [-0.1, -0.05) is 18.2 Å². The molecule has 0 atom stereocenters. The molecule has 0 saturated heterocycles. The number of amides is 1. The largest absolute Gasteiger partial charge is 0.416 e. The minimum absolute atomic E-state index is 0.0505. The van der Waals surface area contributed by atoms with Crippen molar-refractivity contribution in [3.8, 4) is 22.9 Å². The molecular formula is C21H21N3O2. The van der Waals surface area contributed by atoms with E-state index in [1.54, 1.807) is 4.90 Å². The average Bonchev–Trinajstić information content (AvgIpc) is 3.34. The van der Waals surface area contributed by atoms with Gasteiger partial charge in [-0.15, -0.1) is 10.2 Å². The molecule has 1 aliphatic carbocycles. The Balaban J connectivity index is 1.52. The number of hydrogen-bond acceptors (Lipinski definition) is 4. The molecule has 0 radical (unpaired) electrons. The van der Waals surface area contributed by atoms with Gasteiger partial charge in [-0.05, 0) is 61.6 Å². The van der Waals surface area contributed by atoms with Crippen molar-refractivity contribution in [3.05, 3.63) is 59.7 Å². The molecule has 1 heterocycles. The second kappa shape index (κ2) is 6.75. The van der Waals surface area contributed by atoms with Gasteiger partial charge in [0.2, 0.25) is 11.8 Å². The second-order valence-electron chi connectivity index (χ2n) is 6.93. The van der Waals surface area contributed by atoms with E-state index in [-0.39, 0.29) is 5.91 Å². The lowest BCUT2D eigenvalue weighted by Gasteiger charge is -2.16. The molecule has 26 heavy (non-hydrogen) atoms. The Morgan fingerprint density at radius 3 is 2.46 bits per heavy atom. The van der Waals surface area contributed by atoms with E-state index in [1.165, 1.54) is 12.8 Å². The van der Waals surface area contributed by atoms with Crippen molar-refractivity contribution >= 4 is 5.91 Å². The topological polar surface area (TPSA) is 59.2 Å². The van der Waals surface area contributed by atoms with Crippen LogP contribution in [0.25, 0.3) is 22.9 Å². The highest BCUT2D eigenvalue weighted by Crippen LogP contribution is 2.30. The first-order valence-electron chi connectivity index (χ1n) is 8.87. The molecule has 4 rings (SSSR count). The quantitative estimate of drug-likeness (QED) is 0.694. The third kappa shape index (κ3) is 3.38. The average molecular weight is 347 g/mol. The monoisotopic (exact) mass is 347 g/mol. The molecular weight excluding hydrogens is 326 g/mol. The molecule has 1 fully saturated rings. The van der Waals surface area contributed by atoms with E-state index in [1.807, 2.05) is 62.5 Å². The van der Waals surface area contributed by atoms with Crippen LogP contribution in [-0.2, 0) is 0 Å². The molecule has 0 N–H and O–H groups in total. The van der Waals surface area contributed by atoms with Crippen LogP contribution in [0.3, 0.4) is 0 Å². The third-order valence-electron chi connectivity index (χ3n) is 4.75. The lowest BCUT2D eigenvalue weighted by Crippen LogP contribution is -2.28. The van der Waals surface area contributed by atoms with Crippen molar-refractivity contribution in [2.45, 2.75) is 19.8 Å². The Kier molecular flexibility index (Phi) is 4.29. The fourth-order valence-corrected chi connectivity index (χ4v) is 3.01. The van der Waals surface area contributed by atoms with Gasteiger partial charge in [0.25, 0.3) is 5.91 Å². The van der Waals surface area contributed by atoms with E-state index in [0.717, 1.165) is 23.2 Å². The van der Waals surface area contributed by atoms with Gasteiger partial charge in [0.05, 0.1) is 0 Å². The number of carbonyl (C=O) groups is 1. The molecule has 0 spiro atoms. The van der Waals surface area contributed by atoms with Crippen LogP contribution in [-0.4, -0.2) is 34.6 Å². The fraction of sp³-hybridized carbons (Fsp3) is 0.286. The zero-order chi connectivity index (χ0) is 18.1. The zero-order valence-corrected chi connectivity index (χ0v) is 15.0. The summed E-state index contributed by atoms with van der Waals surface area (Å²) < 4.78 is 5.83. The number of hydrogen-bond donors (Lipinski definition) is 0. The van der Waals surface area contributed by atoms with E-state index in [2.05, 4.69) is 10.2 Å². The van der Waals surface area contributed by atoms with E-state index < -0.39 is 0 Å². The van der Waals surface area contributed by atoms with Crippen LogP contribution >= 0.6 is 0 Å². The molecule has 2 aromatic carbocycles. The highest BCUT2D eigenvalue weighted by molar-refractivity contribution is 5.94. The lowest BCUT2D eigenvalue weighted by molar-refractivity contribution is 0.0788. The molecule has 5 nitrogen and oxygen atoms in total. The summed E-state index contributed by atoms with van der Waals surface area (Å²) in [5.74, 6) is 1.69. The van der Waals surface area contributed by atoms with Crippen LogP contribution in [0.1, 0.15) is 28.8 Å². The maximum absolute atomic E-state index is 12.5. The number of benzene rings is 2. The third-order valence-corrected chi connectivity index (χ3v) is 4.75. The van der Waals surface area contributed by atoms with Crippen LogP contribution in [0.5, 0.6) is 0 Å². The Hall–Kier alpha value is -2.95. The second-order valence-corrected chi connectivity index (χ2v) is 6.93. The Bertz CT molecular complexity index is 926. The van der Waals surface area contributed by atoms with Gasteiger partial charge < -0.3 is 9.32 Å². The number of aromatic nitrogens is 2. The normalized spacial score (nSPS) is 13.6. The molecule has 1 saturated carbocycles. The first kappa shape index (κ1) is 16.5. The van der Waals surface area contributed by atoms with Crippen molar-refractivity contribution in [1.82, 2.24) is 15.1 Å². The van der Waals surface area contributed by atoms with Gasteiger partial charge in [-0.25, -0.2) is 0 Å².